The molecule has 0 saturated carbocycles. The maximum atomic E-state index is 12.3. The van der Waals surface area contributed by atoms with Crippen LogP contribution in [0.15, 0.2) is 30.6 Å². The standard InChI is InChI=1S/C24H30N4O2S/c1-16(2)30-13-5-12-25-23(29)18-10-8-17(9-11-18)14-26-22-21-19-6-3-4-7-20(19)31-24(21)28-15-27-22/h8-11,15-16H,3-7,12-14H2,1-2H3,(H,25,29)(H,26,27,28). The summed E-state index contributed by atoms with van der Waals surface area (Å²) in [6.07, 6.45) is 7.45. The maximum absolute atomic E-state index is 12.3. The van der Waals surface area contributed by atoms with Crippen LogP contribution in [0.2, 0.25) is 0 Å². The zero-order valence-electron chi connectivity index (χ0n) is 18.2. The molecule has 2 aromatic heterocycles. The Hall–Kier alpha value is -2.51. The quantitative estimate of drug-likeness (QED) is 0.473. The molecule has 0 aliphatic heterocycles. The second kappa shape index (κ2) is 10.2. The number of amides is 1. The van der Waals surface area contributed by atoms with Crippen LogP contribution in [0.5, 0.6) is 0 Å². The SMILES string of the molecule is CC(C)OCCCNC(=O)c1ccc(CNc2ncnc3sc4c(c23)CCCC4)cc1. The van der Waals surface area contributed by atoms with E-state index >= 15 is 0 Å². The van der Waals surface area contributed by atoms with Gasteiger partial charge in [0.2, 0.25) is 0 Å². The van der Waals surface area contributed by atoms with Crippen LogP contribution in [-0.4, -0.2) is 35.1 Å². The lowest BCUT2D eigenvalue weighted by molar-refractivity contribution is 0.0757. The molecule has 0 fully saturated rings. The molecule has 164 valence electrons. The predicted octanol–water partition coefficient (Wildman–Crippen LogP) is 4.73. The highest BCUT2D eigenvalue weighted by molar-refractivity contribution is 7.19. The fraction of sp³-hybridized carbons (Fsp3) is 0.458. The van der Waals surface area contributed by atoms with E-state index < -0.39 is 0 Å². The molecule has 1 aliphatic rings. The van der Waals surface area contributed by atoms with E-state index in [-0.39, 0.29) is 12.0 Å². The van der Waals surface area contributed by atoms with Crippen LogP contribution in [0.4, 0.5) is 5.82 Å². The largest absolute Gasteiger partial charge is 0.379 e. The number of fused-ring (bicyclic) bond motifs is 3. The molecule has 0 radical (unpaired) electrons. The lowest BCUT2D eigenvalue weighted by Gasteiger charge is -2.12. The molecule has 31 heavy (non-hydrogen) atoms. The number of hydrogen-bond acceptors (Lipinski definition) is 6. The zero-order chi connectivity index (χ0) is 21.6. The van der Waals surface area contributed by atoms with E-state index in [1.807, 2.05) is 49.4 Å². The highest BCUT2D eigenvalue weighted by atomic mass is 32.1. The van der Waals surface area contributed by atoms with Crippen molar-refractivity contribution in [2.75, 3.05) is 18.5 Å². The summed E-state index contributed by atoms with van der Waals surface area (Å²) in [5.41, 5.74) is 3.21. The fourth-order valence-electron chi connectivity index (χ4n) is 3.88. The van der Waals surface area contributed by atoms with E-state index in [1.165, 1.54) is 28.7 Å². The Morgan fingerprint density at radius 1 is 1.16 bits per heavy atom. The molecule has 0 bridgehead atoms. The maximum Gasteiger partial charge on any atom is 0.251 e. The summed E-state index contributed by atoms with van der Waals surface area (Å²) in [5.74, 6) is 0.862. The molecule has 0 spiro atoms. The number of nitrogens with zero attached hydrogens (tertiary/aromatic N) is 2. The lowest BCUT2D eigenvalue weighted by atomic mass is 9.97. The highest BCUT2D eigenvalue weighted by Gasteiger charge is 2.19. The first kappa shape index (κ1) is 21.7. The van der Waals surface area contributed by atoms with Gasteiger partial charge in [-0.2, -0.15) is 0 Å². The van der Waals surface area contributed by atoms with Crippen molar-refractivity contribution in [2.45, 2.75) is 58.6 Å². The molecule has 1 amide bonds. The fourth-order valence-corrected chi connectivity index (χ4v) is 5.11. The highest BCUT2D eigenvalue weighted by Crippen LogP contribution is 2.38. The number of benzene rings is 1. The summed E-state index contributed by atoms with van der Waals surface area (Å²) in [6, 6.07) is 7.73. The number of thiophene rings is 1. The summed E-state index contributed by atoms with van der Waals surface area (Å²) in [6.45, 7) is 5.95. The molecule has 6 nitrogen and oxygen atoms in total. The van der Waals surface area contributed by atoms with Gasteiger partial charge in [-0.15, -0.1) is 11.3 Å². The first-order valence-electron chi connectivity index (χ1n) is 11.1. The van der Waals surface area contributed by atoms with Crippen molar-refractivity contribution in [1.82, 2.24) is 15.3 Å². The molecule has 0 unspecified atom stereocenters. The van der Waals surface area contributed by atoms with Gasteiger partial charge in [0.25, 0.3) is 5.91 Å². The normalized spacial score (nSPS) is 13.4. The summed E-state index contributed by atoms with van der Waals surface area (Å²) in [7, 11) is 0. The van der Waals surface area contributed by atoms with Gasteiger partial charge in [-0.3, -0.25) is 4.79 Å². The third kappa shape index (κ3) is 5.40. The van der Waals surface area contributed by atoms with Crippen molar-refractivity contribution in [2.24, 2.45) is 0 Å². The Kier molecular flexibility index (Phi) is 7.14. The van der Waals surface area contributed by atoms with Crippen molar-refractivity contribution in [3.63, 3.8) is 0 Å². The molecule has 2 N–H and O–H groups in total. The van der Waals surface area contributed by atoms with Crippen LogP contribution in [0.1, 0.15) is 59.5 Å². The Balaban J connectivity index is 1.34. The number of aryl methyl sites for hydroxylation is 2. The van der Waals surface area contributed by atoms with Crippen molar-refractivity contribution in [1.29, 1.82) is 0 Å². The Labute approximate surface area is 187 Å². The Morgan fingerprint density at radius 3 is 2.77 bits per heavy atom. The summed E-state index contributed by atoms with van der Waals surface area (Å²) in [4.78, 5) is 23.9. The van der Waals surface area contributed by atoms with E-state index in [0.29, 0.717) is 25.3 Å². The second-order valence-electron chi connectivity index (χ2n) is 8.19. The first-order chi connectivity index (χ1) is 15.1. The van der Waals surface area contributed by atoms with Crippen molar-refractivity contribution in [3.8, 4) is 0 Å². The molecule has 1 aliphatic carbocycles. The molecule has 3 aromatic rings. The van der Waals surface area contributed by atoms with Gasteiger partial charge in [-0.1, -0.05) is 12.1 Å². The molecular weight excluding hydrogens is 408 g/mol. The minimum Gasteiger partial charge on any atom is -0.379 e. The molecule has 2 heterocycles. The van der Waals surface area contributed by atoms with Gasteiger partial charge in [0.1, 0.15) is 17.0 Å². The summed E-state index contributed by atoms with van der Waals surface area (Å²) >= 11 is 1.81. The third-order valence-electron chi connectivity index (χ3n) is 5.49. The van der Waals surface area contributed by atoms with Crippen LogP contribution in [0, 0.1) is 0 Å². The number of rotatable bonds is 9. The van der Waals surface area contributed by atoms with Gasteiger partial charge in [-0.25, -0.2) is 9.97 Å². The second-order valence-corrected chi connectivity index (χ2v) is 9.28. The van der Waals surface area contributed by atoms with Crippen molar-refractivity contribution >= 4 is 33.3 Å². The van der Waals surface area contributed by atoms with Gasteiger partial charge in [0.15, 0.2) is 0 Å². The van der Waals surface area contributed by atoms with Crippen LogP contribution in [0.3, 0.4) is 0 Å². The molecule has 0 saturated heterocycles. The summed E-state index contributed by atoms with van der Waals surface area (Å²) < 4.78 is 5.49. The summed E-state index contributed by atoms with van der Waals surface area (Å²) in [5, 5.41) is 7.63. The number of carbonyl (C=O) groups is 1. The van der Waals surface area contributed by atoms with Gasteiger partial charge in [0, 0.05) is 30.1 Å². The van der Waals surface area contributed by atoms with E-state index in [1.54, 1.807) is 6.33 Å². The number of aromatic nitrogens is 2. The van der Waals surface area contributed by atoms with Crippen LogP contribution in [0.25, 0.3) is 10.2 Å². The van der Waals surface area contributed by atoms with Gasteiger partial charge in [-0.05, 0) is 69.2 Å². The molecule has 4 rings (SSSR count). The molecular formula is C24H30N4O2S. The average Bonchev–Trinajstić information content (AvgIpc) is 3.17. The van der Waals surface area contributed by atoms with Crippen molar-refractivity contribution in [3.05, 3.63) is 52.2 Å². The van der Waals surface area contributed by atoms with E-state index in [9.17, 15) is 4.79 Å². The predicted molar refractivity (Wildman–Crippen MR) is 126 cm³/mol. The van der Waals surface area contributed by atoms with E-state index in [0.717, 1.165) is 35.5 Å². The van der Waals surface area contributed by atoms with Crippen molar-refractivity contribution < 1.29 is 9.53 Å². The van der Waals surface area contributed by atoms with Crippen LogP contribution in [-0.2, 0) is 24.1 Å². The van der Waals surface area contributed by atoms with Gasteiger partial charge < -0.3 is 15.4 Å². The molecule has 0 atom stereocenters. The van der Waals surface area contributed by atoms with Gasteiger partial charge >= 0.3 is 0 Å². The minimum atomic E-state index is -0.0496. The van der Waals surface area contributed by atoms with Crippen LogP contribution < -0.4 is 10.6 Å². The number of hydrogen-bond donors (Lipinski definition) is 2. The Bertz CT molecular complexity index is 1030. The molecule has 7 heteroatoms. The zero-order valence-corrected chi connectivity index (χ0v) is 19.1. The first-order valence-corrected chi connectivity index (χ1v) is 11.9. The van der Waals surface area contributed by atoms with E-state index in [4.69, 9.17) is 4.74 Å². The van der Waals surface area contributed by atoms with E-state index in [2.05, 4.69) is 20.6 Å². The lowest BCUT2D eigenvalue weighted by Crippen LogP contribution is -2.25. The number of anilines is 1. The Morgan fingerprint density at radius 2 is 1.97 bits per heavy atom. The average molecular weight is 439 g/mol. The number of ether oxygens (including phenoxy) is 1. The smallest absolute Gasteiger partial charge is 0.251 e. The minimum absolute atomic E-state index is 0.0496. The monoisotopic (exact) mass is 438 g/mol. The number of nitrogens with one attached hydrogen (secondary N) is 2. The van der Waals surface area contributed by atoms with Crippen LogP contribution >= 0.6 is 11.3 Å². The van der Waals surface area contributed by atoms with Gasteiger partial charge in [0.05, 0.1) is 11.5 Å². The number of carbonyl (C=O) groups excluding carboxylic acids is 1. The topological polar surface area (TPSA) is 76.1 Å². The molecule has 1 aromatic carbocycles. The third-order valence-corrected chi connectivity index (χ3v) is 6.69.